The van der Waals surface area contributed by atoms with Crippen LogP contribution in [0.1, 0.15) is 15.9 Å². The van der Waals surface area contributed by atoms with Crippen LogP contribution in [-0.2, 0) is 6.54 Å². The van der Waals surface area contributed by atoms with Gasteiger partial charge in [-0.25, -0.2) is 14.2 Å². The topological polar surface area (TPSA) is 53.4 Å². The monoisotopic (exact) mass is 266 g/mol. The third-order valence-corrected chi connectivity index (χ3v) is 3.19. The molecule has 0 amide bonds. The molecule has 0 radical (unpaired) electrons. The summed E-state index contributed by atoms with van der Waals surface area (Å²) in [5.41, 5.74) is 0.668. The van der Waals surface area contributed by atoms with E-state index in [9.17, 15) is 9.18 Å². The largest absolute Gasteiger partial charge is 0.478 e. The number of halogens is 1. The lowest BCUT2D eigenvalue weighted by Crippen LogP contribution is -2.20. The van der Waals surface area contributed by atoms with E-state index in [0.717, 1.165) is 11.6 Å². The highest BCUT2D eigenvalue weighted by atomic mass is 32.1. The highest BCUT2D eigenvalue weighted by molar-refractivity contribution is 7.07. The van der Waals surface area contributed by atoms with E-state index in [0.29, 0.717) is 6.54 Å². The summed E-state index contributed by atoms with van der Waals surface area (Å²) in [6.45, 7) is 0.483. The zero-order valence-corrected chi connectivity index (χ0v) is 10.4. The molecule has 94 valence electrons. The number of anilines is 1. The van der Waals surface area contributed by atoms with Gasteiger partial charge in [-0.3, -0.25) is 0 Å². The Morgan fingerprint density at radius 3 is 2.94 bits per heavy atom. The van der Waals surface area contributed by atoms with Gasteiger partial charge in [0.05, 0.1) is 0 Å². The number of hydrogen-bond donors (Lipinski definition) is 1. The Morgan fingerprint density at radius 1 is 1.56 bits per heavy atom. The third-order valence-electron chi connectivity index (χ3n) is 2.46. The van der Waals surface area contributed by atoms with Crippen molar-refractivity contribution >= 4 is 23.1 Å². The summed E-state index contributed by atoms with van der Waals surface area (Å²) in [6, 6.07) is 3.08. The fourth-order valence-corrected chi connectivity index (χ4v) is 2.26. The molecule has 0 spiro atoms. The molecule has 6 heteroatoms. The van der Waals surface area contributed by atoms with Crippen LogP contribution in [0.2, 0.25) is 0 Å². The SMILES string of the molecule is CN(Cc1ccsc1)c1nccc(C(=O)O)c1F. The first-order valence-electron chi connectivity index (χ1n) is 5.19. The molecule has 0 aliphatic rings. The van der Waals surface area contributed by atoms with Gasteiger partial charge in [0.15, 0.2) is 11.6 Å². The number of nitrogens with zero attached hydrogens (tertiary/aromatic N) is 2. The van der Waals surface area contributed by atoms with Crippen molar-refractivity contribution in [2.45, 2.75) is 6.54 Å². The predicted molar refractivity (Wildman–Crippen MR) is 67.6 cm³/mol. The molecule has 0 aliphatic carbocycles. The second-order valence-corrected chi connectivity index (χ2v) is 4.57. The van der Waals surface area contributed by atoms with Crippen molar-refractivity contribution in [2.24, 2.45) is 0 Å². The Bertz CT molecular complexity index is 557. The maximum atomic E-state index is 13.9. The fourth-order valence-electron chi connectivity index (χ4n) is 1.60. The van der Waals surface area contributed by atoms with Crippen LogP contribution in [0.5, 0.6) is 0 Å². The Morgan fingerprint density at radius 2 is 2.33 bits per heavy atom. The third kappa shape index (κ3) is 2.48. The summed E-state index contributed by atoms with van der Waals surface area (Å²) >= 11 is 1.55. The van der Waals surface area contributed by atoms with Gasteiger partial charge in [-0.05, 0) is 28.5 Å². The fraction of sp³-hybridized carbons (Fsp3) is 0.167. The number of hydrogen-bond acceptors (Lipinski definition) is 4. The molecule has 0 atom stereocenters. The maximum Gasteiger partial charge on any atom is 0.338 e. The molecule has 0 unspecified atom stereocenters. The molecule has 0 aromatic carbocycles. The van der Waals surface area contributed by atoms with Gasteiger partial charge in [-0.1, -0.05) is 0 Å². The van der Waals surface area contributed by atoms with Crippen molar-refractivity contribution in [1.29, 1.82) is 0 Å². The average Bonchev–Trinajstić information content (AvgIpc) is 2.81. The summed E-state index contributed by atoms with van der Waals surface area (Å²) in [7, 11) is 1.68. The van der Waals surface area contributed by atoms with Crippen molar-refractivity contribution in [2.75, 3.05) is 11.9 Å². The van der Waals surface area contributed by atoms with Crippen molar-refractivity contribution in [3.05, 3.63) is 46.0 Å². The summed E-state index contributed by atoms with van der Waals surface area (Å²) < 4.78 is 13.9. The number of carbonyl (C=O) groups is 1. The standard InChI is InChI=1S/C12H11FN2O2S/c1-15(6-8-3-5-18-7-8)11-10(13)9(12(16)17)2-4-14-11/h2-5,7H,6H2,1H3,(H,16,17). The minimum atomic E-state index is -1.29. The number of pyridine rings is 1. The molecule has 4 nitrogen and oxygen atoms in total. The lowest BCUT2D eigenvalue weighted by atomic mass is 10.2. The van der Waals surface area contributed by atoms with E-state index in [1.165, 1.54) is 6.20 Å². The highest BCUT2D eigenvalue weighted by Gasteiger charge is 2.17. The van der Waals surface area contributed by atoms with Gasteiger partial charge < -0.3 is 10.0 Å². The second kappa shape index (κ2) is 5.14. The van der Waals surface area contributed by atoms with Crippen molar-refractivity contribution < 1.29 is 14.3 Å². The van der Waals surface area contributed by atoms with E-state index in [-0.39, 0.29) is 11.4 Å². The van der Waals surface area contributed by atoms with E-state index in [2.05, 4.69) is 4.98 Å². The first kappa shape index (κ1) is 12.5. The number of aromatic nitrogens is 1. The van der Waals surface area contributed by atoms with Crippen LogP contribution in [0.15, 0.2) is 29.1 Å². The van der Waals surface area contributed by atoms with Crippen molar-refractivity contribution in [3.63, 3.8) is 0 Å². The van der Waals surface area contributed by atoms with Crippen LogP contribution < -0.4 is 4.90 Å². The van der Waals surface area contributed by atoms with Crippen LogP contribution in [0, 0.1) is 5.82 Å². The molecule has 2 rings (SSSR count). The van der Waals surface area contributed by atoms with Gasteiger partial charge >= 0.3 is 5.97 Å². The van der Waals surface area contributed by atoms with E-state index in [1.807, 2.05) is 16.8 Å². The minimum Gasteiger partial charge on any atom is -0.478 e. The van der Waals surface area contributed by atoms with Crippen LogP contribution in [0.4, 0.5) is 10.2 Å². The maximum absolute atomic E-state index is 13.9. The second-order valence-electron chi connectivity index (χ2n) is 3.79. The van der Waals surface area contributed by atoms with E-state index >= 15 is 0 Å². The van der Waals surface area contributed by atoms with Gasteiger partial charge in [0.1, 0.15) is 5.56 Å². The molecule has 0 saturated carbocycles. The normalized spacial score (nSPS) is 10.3. The van der Waals surface area contributed by atoms with E-state index in [1.54, 1.807) is 23.3 Å². The van der Waals surface area contributed by atoms with E-state index < -0.39 is 11.8 Å². The number of thiophene rings is 1. The Hall–Kier alpha value is -1.95. The number of aromatic carboxylic acids is 1. The van der Waals surface area contributed by atoms with Crippen LogP contribution in [-0.4, -0.2) is 23.1 Å². The summed E-state index contributed by atoms with van der Waals surface area (Å²) in [6.07, 6.45) is 1.30. The Kier molecular flexibility index (Phi) is 3.57. The molecule has 2 aromatic rings. The lowest BCUT2D eigenvalue weighted by molar-refractivity contribution is 0.0692. The minimum absolute atomic E-state index is 0.0427. The Labute approximate surface area is 107 Å². The molecule has 0 saturated heterocycles. The van der Waals surface area contributed by atoms with Crippen molar-refractivity contribution in [3.8, 4) is 0 Å². The van der Waals surface area contributed by atoms with Gasteiger partial charge in [-0.15, -0.1) is 0 Å². The Balaban J connectivity index is 2.27. The molecular formula is C12H11FN2O2S. The number of rotatable bonds is 4. The number of carboxylic acids is 1. The lowest BCUT2D eigenvalue weighted by Gasteiger charge is -2.18. The zero-order valence-electron chi connectivity index (χ0n) is 9.63. The molecule has 0 fully saturated rings. The molecule has 18 heavy (non-hydrogen) atoms. The van der Waals surface area contributed by atoms with Gasteiger partial charge in [0, 0.05) is 19.8 Å². The molecule has 0 bridgehead atoms. The molecule has 1 N–H and O–H groups in total. The van der Waals surface area contributed by atoms with E-state index in [4.69, 9.17) is 5.11 Å². The quantitative estimate of drug-likeness (QED) is 0.924. The van der Waals surface area contributed by atoms with Crippen molar-refractivity contribution in [1.82, 2.24) is 4.98 Å². The first-order chi connectivity index (χ1) is 8.59. The van der Waals surface area contributed by atoms with Gasteiger partial charge in [0.25, 0.3) is 0 Å². The number of carboxylic acid groups (broad SMARTS) is 1. The van der Waals surface area contributed by atoms with Gasteiger partial charge in [0.2, 0.25) is 0 Å². The van der Waals surface area contributed by atoms with Gasteiger partial charge in [-0.2, -0.15) is 11.3 Å². The van der Waals surface area contributed by atoms with Crippen LogP contribution in [0.3, 0.4) is 0 Å². The molecule has 2 heterocycles. The summed E-state index contributed by atoms with van der Waals surface area (Å²) in [5, 5.41) is 12.7. The summed E-state index contributed by atoms with van der Waals surface area (Å²) in [4.78, 5) is 16.3. The molecule has 0 aliphatic heterocycles. The highest BCUT2D eigenvalue weighted by Crippen LogP contribution is 2.20. The predicted octanol–water partition coefficient (Wildman–Crippen LogP) is 2.62. The van der Waals surface area contributed by atoms with Crippen LogP contribution in [0.25, 0.3) is 0 Å². The zero-order chi connectivity index (χ0) is 13.1. The molecular weight excluding hydrogens is 255 g/mol. The first-order valence-corrected chi connectivity index (χ1v) is 6.14. The molecule has 2 aromatic heterocycles. The average molecular weight is 266 g/mol. The van der Waals surface area contributed by atoms with Crippen LogP contribution >= 0.6 is 11.3 Å². The smallest absolute Gasteiger partial charge is 0.338 e. The summed E-state index contributed by atoms with van der Waals surface area (Å²) in [5.74, 6) is -2.05.